The number of aryl methyl sites for hydroxylation is 1. The van der Waals surface area contributed by atoms with E-state index >= 15 is 0 Å². The molecule has 0 fully saturated rings. The highest BCUT2D eigenvalue weighted by Gasteiger charge is 1.97. The first kappa shape index (κ1) is 11.0. The second-order valence-corrected chi connectivity index (χ2v) is 3.74. The maximum Gasteiger partial charge on any atom is 0.330 e. The Bertz CT molecular complexity index is 370. The molecule has 2 nitrogen and oxygen atoms in total. The van der Waals surface area contributed by atoms with Crippen molar-refractivity contribution in [3.8, 4) is 0 Å². The molecule has 1 aromatic carbocycles. The van der Waals surface area contributed by atoms with E-state index in [9.17, 15) is 4.79 Å². The van der Waals surface area contributed by atoms with Gasteiger partial charge in [-0.05, 0) is 30.2 Å². The van der Waals surface area contributed by atoms with Crippen LogP contribution in [0.5, 0.6) is 0 Å². The zero-order valence-corrected chi connectivity index (χ0v) is 9.67. The smallest absolute Gasteiger partial charge is 0.330 e. The summed E-state index contributed by atoms with van der Waals surface area (Å²) in [4.78, 5) is 10.8. The topological polar surface area (TPSA) is 26.3 Å². The molecule has 74 valence electrons. The molecule has 0 aromatic heterocycles. The second kappa shape index (κ2) is 4.96. The Kier molecular flexibility index (Phi) is 3.89. The molecule has 0 saturated heterocycles. The van der Waals surface area contributed by atoms with Crippen LogP contribution in [0.2, 0.25) is 0 Å². The van der Waals surface area contributed by atoms with E-state index < -0.39 is 0 Å². The molecule has 0 bridgehead atoms. The maximum absolute atomic E-state index is 10.8. The molecule has 14 heavy (non-hydrogen) atoms. The fraction of sp³-hybridized carbons (Fsp3) is 0.182. The number of methoxy groups -OCH3 is 1. The summed E-state index contributed by atoms with van der Waals surface area (Å²) in [6, 6.07) is 5.93. The van der Waals surface area contributed by atoms with Crippen molar-refractivity contribution in [2.24, 2.45) is 0 Å². The fourth-order valence-electron chi connectivity index (χ4n) is 0.993. The Labute approximate surface area is 91.7 Å². The summed E-state index contributed by atoms with van der Waals surface area (Å²) in [7, 11) is 1.36. The summed E-state index contributed by atoms with van der Waals surface area (Å²) >= 11 is 3.42. The first-order chi connectivity index (χ1) is 6.63. The van der Waals surface area contributed by atoms with Gasteiger partial charge in [0, 0.05) is 10.5 Å². The zero-order valence-electron chi connectivity index (χ0n) is 8.08. The molecule has 0 aliphatic heterocycles. The lowest BCUT2D eigenvalue weighted by Gasteiger charge is -1.99. The number of carbonyl (C=O) groups is 1. The maximum atomic E-state index is 10.8. The van der Waals surface area contributed by atoms with Crippen LogP contribution < -0.4 is 0 Å². The summed E-state index contributed by atoms with van der Waals surface area (Å²) in [6.07, 6.45) is 3.12. The van der Waals surface area contributed by atoms with Crippen LogP contribution in [0, 0.1) is 6.92 Å². The van der Waals surface area contributed by atoms with Gasteiger partial charge in [0.2, 0.25) is 0 Å². The van der Waals surface area contributed by atoms with E-state index in [0.717, 1.165) is 10.0 Å². The highest BCUT2D eigenvalue weighted by Crippen LogP contribution is 2.19. The molecule has 0 radical (unpaired) electrons. The van der Waals surface area contributed by atoms with Crippen molar-refractivity contribution < 1.29 is 9.53 Å². The average molecular weight is 255 g/mol. The number of esters is 1. The van der Waals surface area contributed by atoms with Gasteiger partial charge in [-0.3, -0.25) is 0 Å². The third kappa shape index (κ3) is 3.00. The van der Waals surface area contributed by atoms with Crippen LogP contribution in [-0.2, 0) is 9.53 Å². The first-order valence-electron chi connectivity index (χ1n) is 4.15. The Balaban J connectivity index is 2.87. The SMILES string of the molecule is COC(=O)/C=C/c1ccc(C)cc1Br. The van der Waals surface area contributed by atoms with Crippen LogP contribution in [0.3, 0.4) is 0 Å². The number of hydrogen-bond donors (Lipinski definition) is 0. The number of carbonyl (C=O) groups excluding carboxylic acids is 1. The van der Waals surface area contributed by atoms with E-state index in [1.54, 1.807) is 6.08 Å². The summed E-state index contributed by atoms with van der Waals surface area (Å²) in [5, 5.41) is 0. The van der Waals surface area contributed by atoms with Crippen molar-refractivity contribution in [3.63, 3.8) is 0 Å². The lowest BCUT2D eigenvalue weighted by molar-refractivity contribution is -0.134. The number of benzene rings is 1. The Morgan fingerprint density at radius 1 is 1.50 bits per heavy atom. The molecule has 0 N–H and O–H groups in total. The molecule has 0 spiro atoms. The van der Waals surface area contributed by atoms with E-state index in [4.69, 9.17) is 0 Å². The van der Waals surface area contributed by atoms with Crippen molar-refractivity contribution in [2.45, 2.75) is 6.92 Å². The molecule has 0 atom stereocenters. The fourth-order valence-corrected chi connectivity index (χ4v) is 1.62. The molecule has 1 aromatic rings. The van der Waals surface area contributed by atoms with Gasteiger partial charge in [0.25, 0.3) is 0 Å². The lowest BCUT2D eigenvalue weighted by Crippen LogP contribution is -1.93. The van der Waals surface area contributed by atoms with Crippen molar-refractivity contribution >= 4 is 28.0 Å². The Morgan fingerprint density at radius 3 is 2.79 bits per heavy atom. The van der Waals surface area contributed by atoms with Crippen LogP contribution in [0.1, 0.15) is 11.1 Å². The van der Waals surface area contributed by atoms with Gasteiger partial charge in [0.1, 0.15) is 0 Å². The van der Waals surface area contributed by atoms with Crippen LogP contribution >= 0.6 is 15.9 Å². The highest BCUT2D eigenvalue weighted by atomic mass is 79.9. The standard InChI is InChI=1S/C11H11BrO2/c1-8-3-4-9(10(12)7-8)5-6-11(13)14-2/h3-7H,1-2H3/b6-5+. The van der Waals surface area contributed by atoms with Crippen LogP contribution in [-0.4, -0.2) is 13.1 Å². The van der Waals surface area contributed by atoms with Crippen molar-refractivity contribution in [1.82, 2.24) is 0 Å². The molecular weight excluding hydrogens is 244 g/mol. The average Bonchev–Trinajstić information content (AvgIpc) is 2.16. The minimum Gasteiger partial charge on any atom is -0.466 e. The van der Waals surface area contributed by atoms with Gasteiger partial charge in [-0.1, -0.05) is 28.1 Å². The molecule has 0 unspecified atom stereocenters. The first-order valence-corrected chi connectivity index (χ1v) is 4.95. The zero-order chi connectivity index (χ0) is 10.6. The molecule has 0 saturated carbocycles. The van der Waals surface area contributed by atoms with E-state index in [1.807, 2.05) is 25.1 Å². The lowest BCUT2D eigenvalue weighted by atomic mass is 10.1. The Hall–Kier alpha value is -1.09. The van der Waals surface area contributed by atoms with Gasteiger partial charge in [-0.2, -0.15) is 0 Å². The molecule has 3 heteroatoms. The van der Waals surface area contributed by atoms with Gasteiger partial charge in [-0.25, -0.2) is 4.79 Å². The monoisotopic (exact) mass is 254 g/mol. The van der Waals surface area contributed by atoms with E-state index in [0.29, 0.717) is 0 Å². The highest BCUT2D eigenvalue weighted by molar-refractivity contribution is 9.10. The number of halogens is 1. The van der Waals surface area contributed by atoms with Crippen LogP contribution in [0.15, 0.2) is 28.7 Å². The minimum atomic E-state index is -0.350. The second-order valence-electron chi connectivity index (χ2n) is 2.88. The van der Waals surface area contributed by atoms with Gasteiger partial charge < -0.3 is 4.74 Å². The van der Waals surface area contributed by atoms with Gasteiger partial charge in [0.05, 0.1) is 7.11 Å². The molecule has 0 aliphatic rings. The molecular formula is C11H11BrO2. The molecule has 0 amide bonds. The summed E-state index contributed by atoms with van der Waals surface area (Å²) in [5.74, 6) is -0.350. The third-order valence-corrected chi connectivity index (χ3v) is 2.44. The van der Waals surface area contributed by atoms with E-state index in [-0.39, 0.29) is 5.97 Å². The Morgan fingerprint density at radius 2 is 2.21 bits per heavy atom. The van der Waals surface area contributed by atoms with Crippen LogP contribution in [0.25, 0.3) is 6.08 Å². The molecule has 0 heterocycles. The van der Waals surface area contributed by atoms with E-state index in [2.05, 4.69) is 20.7 Å². The molecule has 1 rings (SSSR count). The minimum absolute atomic E-state index is 0.350. The summed E-state index contributed by atoms with van der Waals surface area (Å²) < 4.78 is 5.46. The van der Waals surface area contributed by atoms with E-state index in [1.165, 1.54) is 18.7 Å². The largest absolute Gasteiger partial charge is 0.466 e. The van der Waals surface area contributed by atoms with Gasteiger partial charge in [0.15, 0.2) is 0 Å². The van der Waals surface area contributed by atoms with Crippen molar-refractivity contribution in [1.29, 1.82) is 0 Å². The van der Waals surface area contributed by atoms with Crippen molar-refractivity contribution in [3.05, 3.63) is 39.9 Å². The van der Waals surface area contributed by atoms with Crippen LogP contribution in [0.4, 0.5) is 0 Å². The number of rotatable bonds is 2. The number of hydrogen-bond acceptors (Lipinski definition) is 2. The molecule has 0 aliphatic carbocycles. The van der Waals surface area contributed by atoms with Gasteiger partial charge >= 0.3 is 5.97 Å². The number of ether oxygens (including phenoxy) is 1. The summed E-state index contributed by atoms with van der Waals surface area (Å²) in [5.41, 5.74) is 2.13. The quantitative estimate of drug-likeness (QED) is 0.600. The third-order valence-electron chi connectivity index (χ3n) is 1.76. The van der Waals surface area contributed by atoms with Crippen molar-refractivity contribution in [2.75, 3.05) is 7.11 Å². The predicted molar refractivity (Wildman–Crippen MR) is 59.9 cm³/mol. The normalized spacial score (nSPS) is 10.5. The van der Waals surface area contributed by atoms with Gasteiger partial charge in [-0.15, -0.1) is 0 Å². The predicted octanol–water partition coefficient (Wildman–Crippen LogP) is 2.94. The summed E-state index contributed by atoms with van der Waals surface area (Å²) in [6.45, 7) is 2.01.